The van der Waals surface area contributed by atoms with Gasteiger partial charge in [0.05, 0.1) is 28.5 Å². The molecule has 8 heteroatoms. The third-order valence-electron chi connectivity index (χ3n) is 7.13. The molecule has 5 aromatic rings. The summed E-state index contributed by atoms with van der Waals surface area (Å²) in [7, 11) is 0. The Labute approximate surface area is 249 Å². The second-order valence-corrected chi connectivity index (χ2v) is 10.9. The zero-order valence-corrected chi connectivity index (χ0v) is 24.2. The van der Waals surface area contributed by atoms with Crippen LogP contribution in [0.15, 0.2) is 103 Å². The average Bonchev–Trinajstić information content (AvgIpc) is 3.45. The summed E-state index contributed by atoms with van der Waals surface area (Å²) in [5.74, 6) is 1.54. The van der Waals surface area contributed by atoms with Gasteiger partial charge in [-0.05, 0) is 104 Å². The van der Waals surface area contributed by atoms with Crippen molar-refractivity contribution in [2.75, 3.05) is 4.90 Å². The van der Waals surface area contributed by atoms with Crippen molar-refractivity contribution in [3.8, 4) is 17.2 Å². The summed E-state index contributed by atoms with van der Waals surface area (Å²) in [4.78, 5) is 6.85. The fraction of sp³-hybridized carbons (Fsp3) is 0.125. The molecule has 5 nitrogen and oxygen atoms in total. The molecular formula is C32H26Cl2N4OS. The Bertz CT molecular complexity index is 1670. The van der Waals surface area contributed by atoms with E-state index in [1.165, 1.54) is 0 Å². The largest absolute Gasteiger partial charge is 0.457 e. The summed E-state index contributed by atoms with van der Waals surface area (Å²) < 4.78 is 8.20. The third kappa shape index (κ3) is 4.94. The van der Waals surface area contributed by atoms with Crippen LogP contribution in [0, 0.1) is 13.8 Å². The molecule has 40 heavy (non-hydrogen) atoms. The number of hydrogen-bond donors (Lipinski definition) is 1. The first-order valence-electron chi connectivity index (χ1n) is 12.9. The van der Waals surface area contributed by atoms with E-state index in [4.69, 9.17) is 40.2 Å². The predicted molar refractivity (Wildman–Crippen MR) is 166 cm³/mol. The molecule has 1 fully saturated rings. The van der Waals surface area contributed by atoms with Crippen molar-refractivity contribution in [2.45, 2.75) is 25.9 Å². The summed E-state index contributed by atoms with van der Waals surface area (Å²) in [6.45, 7) is 4.19. The van der Waals surface area contributed by atoms with Gasteiger partial charge in [-0.1, -0.05) is 47.5 Å². The van der Waals surface area contributed by atoms with Gasteiger partial charge in [0, 0.05) is 28.3 Å². The minimum absolute atomic E-state index is 0.158. The molecule has 0 radical (unpaired) electrons. The van der Waals surface area contributed by atoms with Gasteiger partial charge in [-0.25, -0.2) is 0 Å². The quantitative estimate of drug-likeness (QED) is 0.202. The average molecular weight is 586 g/mol. The van der Waals surface area contributed by atoms with Gasteiger partial charge in [0.25, 0.3) is 0 Å². The van der Waals surface area contributed by atoms with Gasteiger partial charge >= 0.3 is 0 Å². The monoisotopic (exact) mass is 584 g/mol. The van der Waals surface area contributed by atoms with E-state index in [9.17, 15) is 0 Å². The Morgan fingerprint density at radius 2 is 1.57 bits per heavy atom. The number of pyridine rings is 1. The molecule has 1 saturated heterocycles. The van der Waals surface area contributed by atoms with Crippen molar-refractivity contribution in [3.05, 3.63) is 136 Å². The first kappa shape index (κ1) is 26.4. The summed E-state index contributed by atoms with van der Waals surface area (Å²) >= 11 is 18.8. The highest BCUT2D eigenvalue weighted by atomic mass is 35.5. The number of hydrogen-bond acceptors (Lipinski definition) is 3. The summed E-state index contributed by atoms with van der Waals surface area (Å²) in [6, 6.07) is 31.2. The lowest BCUT2D eigenvalue weighted by molar-refractivity contribution is 0.482. The number of aromatic nitrogens is 2. The lowest BCUT2D eigenvalue weighted by Crippen LogP contribution is -2.29. The maximum atomic E-state index is 6.65. The zero-order chi connectivity index (χ0) is 27.8. The van der Waals surface area contributed by atoms with Gasteiger partial charge in [-0.3, -0.25) is 4.98 Å². The van der Waals surface area contributed by atoms with E-state index >= 15 is 0 Å². The molecule has 2 aromatic heterocycles. The summed E-state index contributed by atoms with van der Waals surface area (Å²) in [5, 5.41) is 5.37. The number of nitrogens with one attached hydrogen (secondary N) is 1. The fourth-order valence-electron chi connectivity index (χ4n) is 5.37. The van der Waals surface area contributed by atoms with Gasteiger partial charge in [0.15, 0.2) is 5.11 Å². The van der Waals surface area contributed by atoms with E-state index in [1.807, 2.05) is 91.1 Å². The number of nitrogens with zero attached hydrogens (tertiary/aromatic N) is 3. The van der Waals surface area contributed by atoms with E-state index in [1.54, 1.807) is 6.07 Å². The molecule has 2 atom stereocenters. The lowest BCUT2D eigenvalue weighted by atomic mass is 9.96. The van der Waals surface area contributed by atoms with Gasteiger partial charge < -0.3 is 19.5 Å². The maximum absolute atomic E-state index is 6.65. The number of aryl methyl sites for hydroxylation is 1. The van der Waals surface area contributed by atoms with Crippen LogP contribution in [0.3, 0.4) is 0 Å². The van der Waals surface area contributed by atoms with Crippen LogP contribution in [-0.4, -0.2) is 14.7 Å². The molecule has 0 unspecified atom stereocenters. The minimum atomic E-state index is -0.163. The first-order valence-corrected chi connectivity index (χ1v) is 14.0. The van der Waals surface area contributed by atoms with Crippen molar-refractivity contribution in [1.82, 2.24) is 14.9 Å². The Hall–Kier alpha value is -3.84. The van der Waals surface area contributed by atoms with E-state index < -0.39 is 0 Å². The molecule has 0 spiro atoms. The number of rotatable bonds is 6. The van der Waals surface area contributed by atoms with Gasteiger partial charge in [0.1, 0.15) is 11.5 Å². The van der Waals surface area contributed by atoms with Crippen molar-refractivity contribution >= 4 is 46.2 Å². The van der Waals surface area contributed by atoms with Crippen LogP contribution in [0.4, 0.5) is 5.69 Å². The molecule has 0 saturated carbocycles. The molecule has 3 heterocycles. The molecular weight excluding hydrogens is 559 g/mol. The normalized spacial score (nSPS) is 16.7. The van der Waals surface area contributed by atoms with Crippen LogP contribution >= 0.6 is 35.4 Å². The van der Waals surface area contributed by atoms with E-state index in [2.05, 4.69) is 39.7 Å². The highest BCUT2D eigenvalue weighted by molar-refractivity contribution is 7.80. The van der Waals surface area contributed by atoms with Crippen LogP contribution in [0.5, 0.6) is 11.5 Å². The third-order valence-corrected chi connectivity index (χ3v) is 7.98. The van der Waals surface area contributed by atoms with Crippen LogP contribution in [0.2, 0.25) is 10.0 Å². The Balaban J connectivity index is 1.43. The van der Waals surface area contributed by atoms with Crippen LogP contribution in [0.25, 0.3) is 5.69 Å². The highest BCUT2D eigenvalue weighted by Gasteiger charge is 2.42. The smallest absolute Gasteiger partial charge is 0.174 e. The zero-order valence-electron chi connectivity index (χ0n) is 21.9. The van der Waals surface area contributed by atoms with Gasteiger partial charge in [0.2, 0.25) is 0 Å². The van der Waals surface area contributed by atoms with Crippen molar-refractivity contribution in [2.24, 2.45) is 0 Å². The van der Waals surface area contributed by atoms with Crippen molar-refractivity contribution < 1.29 is 4.74 Å². The van der Waals surface area contributed by atoms with E-state index in [0.717, 1.165) is 45.5 Å². The second kappa shape index (κ2) is 11.0. The predicted octanol–water partition coefficient (Wildman–Crippen LogP) is 8.77. The number of para-hydroxylation sites is 1. The van der Waals surface area contributed by atoms with Crippen molar-refractivity contribution in [3.63, 3.8) is 0 Å². The number of halogens is 2. The molecule has 0 amide bonds. The van der Waals surface area contributed by atoms with Crippen LogP contribution in [0.1, 0.15) is 34.7 Å². The molecule has 200 valence electrons. The van der Waals surface area contributed by atoms with Crippen LogP contribution < -0.4 is 15.0 Å². The molecule has 1 N–H and O–H groups in total. The maximum Gasteiger partial charge on any atom is 0.174 e. The van der Waals surface area contributed by atoms with Crippen molar-refractivity contribution in [1.29, 1.82) is 0 Å². The highest BCUT2D eigenvalue weighted by Crippen LogP contribution is 2.44. The van der Waals surface area contributed by atoms with Gasteiger partial charge in [-0.15, -0.1) is 0 Å². The molecule has 1 aliphatic heterocycles. The summed E-state index contributed by atoms with van der Waals surface area (Å²) in [5.41, 5.74) is 5.99. The molecule has 6 rings (SSSR count). The van der Waals surface area contributed by atoms with Crippen LogP contribution in [-0.2, 0) is 0 Å². The molecule has 3 aromatic carbocycles. The standard InChI is InChI=1S/C32H26Cl2N4OS/c1-20-18-26(21(2)37(20)29-16-11-22(33)19-27(29)34)31-30(28-10-6-7-17-35-28)36-32(40)38(31)23-12-14-25(15-13-23)39-24-8-4-3-5-9-24/h3-19,30-31H,1-2H3,(H,36,40)/t30-,31-/m1/s1. The Morgan fingerprint density at radius 3 is 2.27 bits per heavy atom. The SMILES string of the molecule is Cc1cc([C@@H]2[C@@H](c3ccccn3)NC(=S)N2c2ccc(Oc3ccccc3)cc2)c(C)n1-c1ccc(Cl)cc1Cl. The fourth-order valence-corrected chi connectivity index (χ4v) is 6.21. The second-order valence-electron chi connectivity index (χ2n) is 9.66. The number of anilines is 1. The Morgan fingerprint density at radius 1 is 0.850 bits per heavy atom. The number of thiocarbonyl (C=S) groups is 1. The number of ether oxygens (including phenoxy) is 1. The first-order chi connectivity index (χ1) is 19.4. The van der Waals surface area contributed by atoms with Gasteiger partial charge in [-0.2, -0.15) is 0 Å². The lowest BCUT2D eigenvalue weighted by Gasteiger charge is -2.28. The topological polar surface area (TPSA) is 42.3 Å². The molecule has 0 bridgehead atoms. The minimum Gasteiger partial charge on any atom is -0.457 e. The molecule has 0 aliphatic carbocycles. The Kier molecular flexibility index (Phi) is 7.24. The van der Waals surface area contributed by atoms with E-state index in [-0.39, 0.29) is 12.1 Å². The summed E-state index contributed by atoms with van der Waals surface area (Å²) in [6.07, 6.45) is 1.81. The molecule has 1 aliphatic rings. The number of benzene rings is 3. The van der Waals surface area contributed by atoms with E-state index in [0.29, 0.717) is 15.2 Å².